The normalized spacial score (nSPS) is 16.7. The molecule has 0 atom stereocenters. The SMILES string of the molecule is CC.CC1(C)C=Cc2cccn21. The van der Waals surface area contributed by atoms with E-state index in [1.165, 1.54) is 5.69 Å². The van der Waals surface area contributed by atoms with Gasteiger partial charge in [-0.3, -0.25) is 0 Å². The quantitative estimate of drug-likeness (QED) is 0.553. The van der Waals surface area contributed by atoms with Crippen LogP contribution in [0.4, 0.5) is 0 Å². The summed E-state index contributed by atoms with van der Waals surface area (Å²) in [5.74, 6) is 0. The van der Waals surface area contributed by atoms with Crippen LogP contribution in [-0.4, -0.2) is 4.57 Å². The number of aromatic nitrogens is 1. The summed E-state index contributed by atoms with van der Waals surface area (Å²) in [7, 11) is 0. The molecule has 66 valence electrons. The van der Waals surface area contributed by atoms with Crippen molar-refractivity contribution in [2.24, 2.45) is 0 Å². The fraction of sp³-hybridized carbons (Fsp3) is 0.455. The van der Waals surface area contributed by atoms with Gasteiger partial charge in [0.1, 0.15) is 0 Å². The minimum absolute atomic E-state index is 0.193. The van der Waals surface area contributed by atoms with Gasteiger partial charge in [0.15, 0.2) is 0 Å². The van der Waals surface area contributed by atoms with Crippen molar-refractivity contribution in [1.29, 1.82) is 0 Å². The third kappa shape index (κ3) is 1.31. The van der Waals surface area contributed by atoms with E-state index in [1.807, 2.05) is 13.8 Å². The van der Waals surface area contributed by atoms with Crippen molar-refractivity contribution in [3.8, 4) is 0 Å². The molecular weight excluding hydrogens is 146 g/mol. The number of fused-ring (bicyclic) bond motifs is 1. The molecule has 1 aromatic heterocycles. The molecule has 0 saturated heterocycles. The monoisotopic (exact) mass is 163 g/mol. The molecule has 0 N–H and O–H groups in total. The maximum absolute atomic E-state index is 2.27. The van der Waals surface area contributed by atoms with Crippen LogP contribution in [-0.2, 0) is 5.54 Å². The van der Waals surface area contributed by atoms with Crippen molar-refractivity contribution < 1.29 is 0 Å². The second-order valence-electron chi connectivity index (χ2n) is 3.29. The van der Waals surface area contributed by atoms with E-state index < -0.39 is 0 Å². The lowest BCUT2D eigenvalue weighted by Gasteiger charge is -2.19. The standard InChI is InChI=1S/C9H11N.C2H6/c1-9(2)6-5-8-4-3-7-10(8)9;1-2/h3-7H,1-2H3;1-2H3. The highest BCUT2D eigenvalue weighted by Gasteiger charge is 2.21. The summed E-state index contributed by atoms with van der Waals surface area (Å²) in [6, 6.07) is 4.21. The first-order valence-corrected chi connectivity index (χ1v) is 4.57. The van der Waals surface area contributed by atoms with E-state index in [2.05, 4.69) is 48.9 Å². The molecular formula is C11H17N. The van der Waals surface area contributed by atoms with E-state index in [1.54, 1.807) is 0 Å². The predicted octanol–water partition coefficient (Wildman–Crippen LogP) is 3.28. The lowest BCUT2D eigenvalue weighted by molar-refractivity contribution is 0.469. The number of nitrogens with zero attached hydrogens (tertiary/aromatic N) is 1. The molecule has 0 spiro atoms. The first-order chi connectivity index (χ1) is 5.70. The van der Waals surface area contributed by atoms with Gasteiger partial charge in [-0.1, -0.05) is 19.9 Å². The molecule has 2 heterocycles. The van der Waals surface area contributed by atoms with Crippen LogP contribution >= 0.6 is 0 Å². The van der Waals surface area contributed by atoms with Crippen molar-refractivity contribution in [1.82, 2.24) is 4.57 Å². The van der Waals surface area contributed by atoms with E-state index in [9.17, 15) is 0 Å². The average molecular weight is 163 g/mol. The predicted molar refractivity (Wildman–Crippen MR) is 54.1 cm³/mol. The molecule has 12 heavy (non-hydrogen) atoms. The van der Waals surface area contributed by atoms with E-state index in [-0.39, 0.29) is 5.54 Å². The summed E-state index contributed by atoms with van der Waals surface area (Å²) in [4.78, 5) is 0. The van der Waals surface area contributed by atoms with Crippen molar-refractivity contribution in [2.75, 3.05) is 0 Å². The second kappa shape index (κ2) is 3.18. The van der Waals surface area contributed by atoms with Crippen LogP contribution in [0.1, 0.15) is 33.4 Å². The lowest BCUT2D eigenvalue weighted by atomic mass is 10.1. The van der Waals surface area contributed by atoms with Gasteiger partial charge in [0.2, 0.25) is 0 Å². The summed E-state index contributed by atoms with van der Waals surface area (Å²) < 4.78 is 2.27. The Morgan fingerprint density at radius 3 is 2.50 bits per heavy atom. The Morgan fingerprint density at radius 1 is 1.25 bits per heavy atom. The van der Waals surface area contributed by atoms with Gasteiger partial charge in [-0.15, -0.1) is 0 Å². The molecule has 0 aromatic carbocycles. The fourth-order valence-corrected chi connectivity index (χ4v) is 1.42. The van der Waals surface area contributed by atoms with Crippen molar-refractivity contribution in [2.45, 2.75) is 33.2 Å². The van der Waals surface area contributed by atoms with Gasteiger partial charge in [0, 0.05) is 11.9 Å². The van der Waals surface area contributed by atoms with Crippen LogP contribution in [0.3, 0.4) is 0 Å². The zero-order chi connectivity index (χ0) is 9.19. The van der Waals surface area contributed by atoms with Gasteiger partial charge in [-0.25, -0.2) is 0 Å². The molecule has 1 aromatic rings. The molecule has 1 nitrogen and oxygen atoms in total. The summed E-state index contributed by atoms with van der Waals surface area (Å²) >= 11 is 0. The van der Waals surface area contributed by atoms with E-state index >= 15 is 0 Å². The molecule has 2 rings (SSSR count). The van der Waals surface area contributed by atoms with Gasteiger partial charge in [0.05, 0.1) is 5.54 Å². The Hall–Kier alpha value is -0.980. The molecule has 0 saturated carbocycles. The molecule has 0 aliphatic carbocycles. The van der Waals surface area contributed by atoms with Crippen molar-refractivity contribution in [3.05, 3.63) is 30.1 Å². The maximum Gasteiger partial charge on any atom is 0.0575 e. The first kappa shape index (κ1) is 9.11. The zero-order valence-corrected chi connectivity index (χ0v) is 8.33. The number of allylic oxidation sites excluding steroid dienone is 1. The Morgan fingerprint density at radius 2 is 1.92 bits per heavy atom. The molecule has 1 aliphatic rings. The van der Waals surface area contributed by atoms with Gasteiger partial charge in [-0.2, -0.15) is 0 Å². The smallest absolute Gasteiger partial charge is 0.0575 e. The topological polar surface area (TPSA) is 4.93 Å². The third-order valence-electron chi connectivity index (χ3n) is 2.06. The van der Waals surface area contributed by atoms with Crippen molar-refractivity contribution in [3.63, 3.8) is 0 Å². The molecule has 0 amide bonds. The minimum Gasteiger partial charge on any atom is -0.339 e. The lowest BCUT2D eigenvalue weighted by Crippen LogP contribution is -2.19. The van der Waals surface area contributed by atoms with Gasteiger partial charge in [-0.05, 0) is 32.1 Å². The van der Waals surface area contributed by atoms with Crippen LogP contribution in [0.2, 0.25) is 0 Å². The highest BCUT2D eigenvalue weighted by Crippen LogP contribution is 2.27. The van der Waals surface area contributed by atoms with E-state index in [0.717, 1.165) is 0 Å². The fourth-order valence-electron chi connectivity index (χ4n) is 1.42. The Labute approximate surface area is 74.7 Å². The molecule has 0 bridgehead atoms. The maximum atomic E-state index is 2.27. The van der Waals surface area contributed by atoms with Gasteiger partial charge < -0.3 is 4.57 Å². The van der Waals surface area contributed by atoms with Crippen LogP contribution in [0, 0.1) is 0 Å². The summed E-state index contributed by atoms with van der Waals surface area (Å²) in [5.41, 5.74) is 1.50. The second-order valence-corrected chi connectivity index (χ2v) is 3.29. The van der Waals surface area contributed by atoms with E-state index in [4.69, 9.17) is 0 Å². The molecule has 0 unspecified atom stereocenters. The molecule has 0 fully saturated rings. The largest absolute Gasteiger partial charge is 0.339 e. The number of rotatable bonds is 0. The Kier molecular flexibility index (Phi) is 2.41. The molecule has 0 radical (unpaired) electrons. The highest BCUT2D eigenvalue weighted by atomic mass is 15.1. The number of hydrogen-bond acceptors (Lipinski definition) is 0. The van der Waals surface area contributed by atoms with Crippen LogP contribution in [0.5, 0.6) is 0 Å². The Balaban J connectivity index is 0.000000336. The van der Waals surface area contributed by atoms with Gasteiger partial charge in [0.25, 0.3) is 0 Å². The minimum atomic E-state index is 0.193. The van der Waals surface area contributed by atoms with Crippen molar-refractivity contribution >= 4 is 6.08 Å². The average Bonchev–Trinajstić information content (AvgIpc) is 2.60. The Bertz CT molecular complexity index is 279. The van der Waals surface area contributed by atoms with E-state index in [0.29, 0.717) is 0 Å². The molecule has 1 heteroatoms. The van der Waals surface area contributed by atoms with Crippen LogP contribution < -0.4 is 0 Å². The molecule has 1 aliphatic heterocycles. The highest BCUT2D eigenvalue weighted by molar-refractivity contribution is 5.52. The summed E-state index contributed by atoms with van der Waals surface area (Å²) in [6.45, 7) is 8.42. The zero-order valence-electron chi connectivity index (χ0n) is 8.33. The number of hydrogen-bond donors (Lipinski definition) is 0. The van der Waals surface area contributed by atoms with Crippen LogP contribution in [0.15, 0.2) is 24.4 Å². The van der Waals surface area contributed by atoms with Crippen LogP contribution in [0.25, 0.3) is 6.08 Å². The first-order valence-electron chi connectivity index (χ1n) is 4.57. The van der Waals surface area contributed by atoms with Gasteiger partial charge >= 0.3 is 0 Å². The summed E-state index contributed by atoms with van der Waals surface area (Å²) in [6.07, 6.45) is 6.51. The third-order valence-corrected chi connectivity index (χ3v) is 2.06. The summed E-state index contributed by atoms with van der Waals surface area (Å²) in [5, 5.41) is 0.